The first-order valence-corrected chi connectivity index (χ1v) is 11.1. The number of carbonyl (C=O) groups excluding carboxylic acids is 1. The highest BCUT2D eigenvalue weighted by Crippen LogP contribution is 2.35. The third-order valence-electron chi connectivity index (χ3n) is 6.09. The number of amides is 1. The maximum atomic E-state index is 14.0. The number of nitrogens with zero attached hydrogens (tertiary/aromatic N) is 2. The topological polar surface area (TPSA) is 42.0 Å². The maximum absolute atomic E-state index is 14.0. The second-order valence-corrected chi connectivity index (χ2v) is 8.58. The number of likely N-dealkylation sites (tertiary alicyclic amines) is 1. The van der Waals surface area contributed by atoms with Crippen molar-refractivity contribution in [2.45, 2.75) is 18.6 Å². The molecule has 34 heavy (non-hydrogen) atoms. The second-order valence-electron chi connectivity index (χ2n) is 8.58. The fraction of sp³-hybridized carbons (Fsp3) is 0.480. The molecule has 5 nitrogen and oxygen atoms in total. The highest BCUT2D eigenvalue weighted by Gasteiger charge is 2.36. The molecule has 1 aliphatic heterocycles. The molecular formula is C25H30F4N2O3. The lowest BCUT2D eigenvalue weighted by molar-refractivity contribution is -0.138. The van der Waals surface area contributed by atoms with E-state index in [1.54, 1.807) is 24.1 Å². The molecule has 2 aromatic carbocycles. The van der Waals surface area contributed by atoms with Crippen LogP contribution in [0.3, 0.4) is 0 Å². The number of benzene rings is 2. The SMILES string of the molecule is COCCN(C[C@@H]1CN(Cc2cccc(C(F)(F)F)c2)C[C@H]1c1cccc(F)c1)C(=O)COC. The Bertz CT molecular complexity index is 954. The van der Waals surface area contributed by atoms with Gasteiger partial charge in [0.05, 0.1) is 12.2 Å². The fourth-order valence-corrected chi connectivity index (χ4v) is 4.51. The molecule has 1 fully saturated rings. The predicted octanol–water partition coefficient (Wildman–Crippen LogP) is 4.18. The zero-order valence-corrected chi connectivity index (χ0v) is 19.4. The zero-order valence-electron chi connectivity index (χ0n) is 19.4. The van der Waals surface area contributed by atoms with E-state index in [-0.39, 0.29) is 30.2 Å². The molecular weight excluding hydrogens is 452 g/mol. The highest BCUT2D eigenvalue weighted by molar-refractivity contribution is 5.77. The third-order valence-corrected chi connectivity index (χ3v) is 6.09. The minimum Gasteiger partial charge on any atom is -0.383 e. The van der Waals surface area contributed by atoms with Crippen LogP contribution in [0.4, 0.5) is 17.6 Å². The number of rotatable bonds is 10. The Balaban J connectivity index is 1.82. The van der Waals surface area contributed by atoms with Gasteiger partial charge in [0, 0.05) is 52.9 Å². The summed E-state index contributed by atoms with van der Waals surface area (Å²) in [7, 11) is 3.01. The number of alkyl halides is 3. The van der Waals surface area contributed by atoms with E-state index >= 15 is 0 Å². The minimum atomic E-state index is -4.41. The Morgan fingerprint density at radius 1 is 1.09 bits per heavy atom. The average Bonchev–Trinajstić information content (AvgIpc) is 3.18. The van der Waals surface area contributed by atoms with Gasteiger partial charge in [-0.2, -0.15) is 13.2 Å². The maximum Gasteiger partial charge on any atom is 0.416 e. The standard InChI is InChI=1S/C25H30F4N2O3/c1-33-10-9-31(24(32)17-34-2)15-20-14-30(16-23(20)19-6-4-8-22(26)12-19)13-18-5-3-7-21(11-18)25(27,28)29/h3-8,11-12,20,23H,9-10,13-17H2,1-2H3/t20-,23-/m0/s1. The van der Waals surface area contributed by atoms with Gasteiger partial charge in [0.15, 0.2) is 0 Å². The summed E-state index contributed by atoms with van der Waals surface area (Å²) in [6, 6.07) is 11.7. The molecule has 1 heterocycles. The molecule has 0 bridgehead atoms. The van der Waals surface area contributed by atoms with Crippen LogP contribution in [0.1, 0.15) is 22.6 Å². The predicted molar refractivity (Wildman–Crippen MR) is 120 cm³/mol. The van der Waals surface area contributed by atoms with Crippen LogP contribution in [-0.4, -0.2) is 69.3 Å². The summed E-state index contributed by atoms with van der Waals surface area (Å²) in [5.41, 5.74) is 0.681. The number of methoxy groups -OCH3 is 2. The molecule has 1 aliphatic rings. The molecule has 2 aromatic rings. The van der Waals surface area contributed by atoms with Crippen molar-refractivity contribution in [2.75, 3.05) is 53.6 Å². The van der Waals surface area contributed by atoms with Crippen molar-refractivity contribution in [3.05, 3.63) is 71.0 Å². The Morgan fingerprint density at radius 2 is 1.85 bits per heavy atom. The molecule has 9 heteroatoms. The molecule has 0 saturated carbocycles. The Labute approximate surface area is 197 Å². The van der Waals surface area contributed by atoms with Gasteiger partial charge in [0.25, 0.3) is 0 Å². The molecule has 2 atom stereocenters. The summed E-state index contributed by atoms with van der Waals surface area (Å²) in [5, 5.41) is 0. The Morgan fingerprint density at radius 3 is 2.53 bits per heavy atom. The van der Waals surface area contributed by atoms with E-state index in [0.29, 0.717) is 44.9 Å². The van der Waals surface area contributed by atoms with Crippen molar-refractivity contribution in [3.63, 3.8) is 0 Å². The Kier molecular flexibility index (Phi) is 9.04. The van der Waals surface area contributed by atoms with Gasteiger partial charge in [0.2, 0.25) is 5.91 Å². The lowest BCUT2D eigenvalue weighted by Gasteiger charge is -2.28. The van der Waals surface area contributed by atoms with Gasteiger partial charge < -0.3 is 14.4 Å². The molecule has 0 unspecified atom stereocenters. The van der Waals surface area contributed by atoms with Gasteiger partial charge in [-0.3, -0.25) is 9.69 Å². The van der Waals surface area contributed by atoms with Crippen LogP contribution in [0.2, 0.25) is 0 Å². The highest BCUT2D eigenvalue weighted by atomic mass is 19.4. The molecule has 186 valence electrons. The normalized spacial score (nSPS) is 18.9. The first-order valence-electron chi connectivity index (χ1n) is 11.1. The van der Waals surface area contributed by atoms with Crippen molar-refractivity contribution in [1.29, 1.82) is 0 Å². The summed E-state index contributed by atoms with van der Waals surface area (Å²) >= 11 is 0. The molecule has 0 aromatic heterocycles. The number of hydrogen-bond acceptors (Lipinski definition) is 4. The van der Waals surface area contributed by atoms with E-state index in [0.717, 1.165) is 17.7 Å². The number of hydrogen-bond donors (Lipinski definition) is 0. The Hall–Kier alpha value is -2.49. The fourth-order valence-electron chi connectivity index (χ4n) is 4.51. The third kappa shape index (κ3) is 7.01. The summed E-state index contributed by atoms with van der Waals surface area (Å²) in [4.78, 5) is 16.3. The minimum absolute atomic E-state index is 0.0368. The average molecular weight is 483 g/mol. The molecule has 0 spiro atoms. The van der Waals surface area contributed by atoms with E-state index < -0.39 is 11.7 Å². The second kappa shape index (κ2) is 11.8. The largest absolute Gasteiger partial charge is 0.416 e. The van der Waals surface area contributed by atoms with E-state index in [4.69, 9.17) is 9.47 Å². The number of ether oxygens (including phenoxy) is 2. The smallest absolute Gasteiger partial charge is 0.383 e. The van der Waals surface area contributed by atoms with Gasteiger partial charge in [-0.15, -0.1) is 0 Å². The van der Waals surface area contributed by atoms with E-state index in [1.165, 1.54) is 25.3 Å². The van der Waals surface area contributed by atoms with Gasteiger partial charge in [-0.1, -0.05) is 30.3 Å². The van der Waals surface area contributed by atoms with E-state index in [2.05, 4.69) is 4.90 Å². The van der Waals surface area contributed by atoms with Crippen molar-refractivity contribution in [3.8, 4) is 0 Å². The zero-order chi connectivity index (χ0) is 24.7. The van der Waals surface area contributed by atoms with Crippen LogP contribution >= 0.6 is 0 Å². The summed E-state index contributed by atoms with van der Waals surface area (Å²) in [6.07, 6.45) is -4.41. The summed E-state index contributed by atoms with van der Waals surface area (Å²) in [5.74, 6) is -0.639. The van der Waals surface area contributed by atoms with Gasteiger partial charge in [-0.25, -0.2) is 4.39 Å². The number of halogens is 4. The van der Waals surface area contributed by atoms with Crippen LogP contribution < -0.4 is 0 Å². The van der Waals surface area contributed by atoms with E-state index in [1.807, 2.05) is 6.07 Å². The monoisotopic (exact) mass is 482 g/mol. The first-order chi connectivity index (χ1) is 16.2. The van der Waals surface area contributed by atoms with Crippen molar-refractivity contribution in [2.24, 2.45) is 5.92 Å². The lowest BCUT2D eigenvalue weighted by Crippen LogP contribution is -2.41. The molecule has 1 amide bonds. The van der Waals surface area contributed by atoms with Crippen LogP contribution in [0.5, 0.6) is 0 Å². The summed E-state index contributed by atoms with van der Waals surface area (Å²) < 4.78 is 63.6. The molecule has 0 N–H and O–H groups in total. The molecule has 0 aliphatic carbocycles. The van der Waals surface area contributed by atoms with Crippen LogP contribution in [0, 0.1) is 11.7 Å². The van der Waals surface area contributed by atoms with Crippen LogP contribution in [-0.2, 0) is 27.0 Å². The molecule has 0 radical (unpaired) electrons. The molecule has 3 rings (SSSR count). The van der Waals surface area contributed by atoms with Gasteiger partial charge >= 0.3 is 6.18 Å². The van der Waals surface area contributed by atoms with E-state index in [9.17, 15) is 22.4 Å². The lowest BCUT2D eigenvalue weighted by atomic mass is 9.88. The number of carbonyl (C=O) groups is 1. The van der Waals surface area contributed by atoms with Gasteiger partial charge in [-0.05, 0) is 35.2 Å². The first kappa shape index (κ1) is 26.1. The van der Waals surface area contributed by atoms with Crippen molar-refractivity contribution in [1.82, 2.24) is 9.80 Å². The quantitative estimate of drug-likeness (QED) is 0.477. The van der Waals surface area contributed by atoms with Crippen molar-refractivity contribution < 1.29 is 31.8 Å². The van der Waals surface area contributed by atoms with Crippen LogP contribution in [0.15, 0.2) is 48.5 Å². The van der Waals surface area contributed by atoms with Crippen molar-refractivity contribution >= 4 is 5.91 Å². The summed E-state index contributed by atoms with van der Waals surface area (Å²) in [6.45, 7) is 2.53. The van der Waals surface area contributed by atoms with Crippen LogP contribution in [0.25, 0.3) is 0 Å². The van der Waals surface area contributed by atoms with Gasteiger partial charge in [0.1, 0.15) is 12.4 Å². The molecule has 1 saturated heterocycles.